The van der Waals surface area contributed by atoms with E-state index in [1.807, 2.05) is 0 Å². The first kappa shape index (κ1) is 8.49. The predicted molar refractivity (Wildman–Crippen MR) is 37.0 cm³/mol. The molecule has 0 amide bonds. The maximum atomic E-state index is 12.0. The van der Waals surface area contributed by atoms with Gasteiger partial charge in [0.05, 0.1) is 0 Å². The van der Waals surface area contributed by atoms with Crippen molar-refractivity contribution in [2.24, 2.45) is 0 Å². The molecule has 1 fully saturated rings. The summed E-state index contributed by atoms with van der Waals surface area (Å²) in [6.45, 7) is 1.32. The quantitative estimate of drug-likeness (QED) is 0.681. The Bertz CT molecular complexity index is 301. The molecule has 0 unspecified atom stereocenters. The molecule has 1 aliphatic rings. The number of halogens is 3. The zero-order chi connectivity index (χ0) is 9.47. The Balaban J connectivity index is 2.17. The maximum absolute atomic E-state index is 12.0. The van der Waals surface area contributed by atoms with E-state index in [4.69, 9.17) is 0 Å². The molecule has 7 heteroatoms. The molecule has 0 bridgehead atoms. The average Bonchev–Trinajstić information content (AvgIpc) is 2.29. The lowest BCUT2D eigenvalue weighted by atomic mass is 10.0. The molecule has 1 aromatic heterocycles. The fraction of sp³-hybridized carbons (Fsp3) is 0.667. The van der Waals surface area contributed by atoms with Gasteiger partial charge in [-0.15, -0.1) is 5.10 Å². The lowest BCUT2D eigenvalue weighted by Crippen LogP contribution is -2.40. The van der Waals surface area contributed by atoms with Crippen molar-refractivity contribution in [1.29, 1.82) is 0 Å². The Labute approximate surface area is 71.5 Å². The van der Waals surface area contributed by atoms with Crippen molar-refractivity contribution in [2.45, 2.75) is 12.1 Å². The van der Waals surface area contributed by atoms with Crippen LogP contribution in [0.1, 0.15) is 17.6 Å². The molecule has 0 spiro atoms. The topological polar surface area (TPSA) is 53.6 Å². The summed E-state index contributed by atoms with van der Waals surface area (Å²) in [4.78, 5) is 3.37. The number of rotatable bonds is 1. The Hall–Kier alpha value is -1.11. The standard InChI is InChI=1S/C6H7F3N4/c7-6(8,9)5-11-4(12-13-5)3-1-10-2-3/h3,10H,1-2H2,(H,11,12,13). The van der Waals surface area contributed by atoms with E-state index in [0.29, 0.717) is 18.9 Å². The Kier molecular flexibility index (Phi) is 1.76. The van der Waals surface area contributed by atoms with E-state index in [1.54, 1.807) is 0 Å². The SMILES string of the molecule is FC(F)(F)c1n[nH]c(C2CNC2)n1. The molecule has 13 heavy (non-hydrogen) atoms. The van der Waals surface area contributed by atoms with Gasteiger partial charge < -0.3 is 5.32 Å². The summed E-state index contributed by atoms with van der Waals surface area (Å²) in [5.41, 5.74) is 0. The smallest absolute Gasteiger partial charge is 0.315 e. The summed E-state index contributed by atoms with van der Waals surface area (Å²) in [7, 11) is 0. The van der Waals surface area contributed by atoms with Crippen LogP contribution in [0.5, 0.6) is 0 Å². The fourth-order valence-corrected chi connectivity index (χ4v) is 1.07. The van der Waals surface area contributed by atoms with E-state index in [-0.39, 0.29) is 5.92 Å². The Morgan fingerprint density at radius 1 is 1.31 bits per heavy atom. The predicted octanol–water partition coefficient (Wildman–Crippen LogP) is 0.510. The second-order valence-corrected chi connectivity index (χ2v) is 2.90. The minimum absolute atomic E-state index is 0.0450. The van der Waals surface area contributed by atoms with Crippen LogP contribution in [-0.4, -0.2) is 28.3 Å². The monoisotopic (exact) mass is 192 g/mol. The first-order valence-corrected chi connectivity index (χ1v) is 3.77. The molecule has 2 N–H and O–H groups in total. The van der Waals surface area contributed by atoms with Gasteiger partial charge in [-0.3, -0.25) is 5.10 Å². The first-order valence-electron chi connectivity index (χ1n) is 3.77. The molecule has 1 saturated heterocycles. The second-order valence-electron chi connectivity index (χ2n) is 2.90. The van der Waals surface area contributed by atoms with E-state index in [0.717, 1.165) is 0 Å². The van der Waals surface area contributed by atoms with Gasteiger partial charge in [-0.25, -0.2) is 4.98 Å². The molecule has 1 aromatic rings. The number of nitrogens with one attached hydrogen (secondary N) is 2. The number of alkyl halides is 3. The number of hydrogen-bond donors (Lipinski definition) is 2. The zero-order valence-electron chi connectivity index (χ0n) is 6.52. The van der Waals surface area contributed by atoms with Gasteiger partial charge in [0.15, 0.2) is 0 Å². The van der Waals surface area contributed by atoms with Gasteiger partial charge in [-0.2, -0.15) is 13.2 Å². The summed E-state index contributed by atoms with van der Waals surface area (Å²) in [5, 5.41) is 8.33. The minimum Gasteiger partial charge on any atom is -0.315 e. The summed E-state index contributed by atoms with van der Waals surface area (Å²) in [5.74, 6) is -0.732. The van der Waals surface area contributed by atoms with Crippen LogP contribution in [0.4, 0.5) is 13.2 Å². The molecule has 72 valence electrons. The lowest BCUT2D eigenvalue weighted by Gasteiger charge is -2.24. The molecule has 4 nitrogen and oxygen atoms in total. The third-order valence-corrected chi connectivity index (χ3v) is 1.92. The molecular formula is C6H7F3N4. The summed E-state index contributed by atoms with van der Waals surface area (Å²) in [6, 6.07) is 0. The van der Waals surface area contributed by atoms with Gasteiger partial charge in [-0.05, 0) is 0 Å². The highest BCUT2D eigenvalue weighted by Gasteiger charge is 2.37. The zero-order valence-corrected chi connectivity index (χ0v) is 6.52. The number of hydrogen-bond acceptors (Lipinski definition) is 3. The van der Waals surface area contributed by atoms with Crippen LogP contribution < -0.4 is 5.32 Å². The number of aromatic amines is 1. The van der Waals surface area contributed by atoms with Crippen LogP contribution in [0.2, 0.25) is 0 Å². The van der Waals surface area contributed by atoms with Gasteiger partial charge in [0, 0.05) is 19.0 Å². The molecule has 0 atom stereocenters. The average molecular weight is 192 g/mol. The number of nitrogens with zero attached hydrogens (tertiary/aromatic N) is 2. The van der Waals surface area contributed by atoms with Crippen molar-refractivity contribution < 1.29 is 13.2 Å². The van der Waals surface area contributed by atoms with Gasteiger partial charge >= 0.3 is 6.18 Å². The molecule has 2 heterocycles. The summed E-state index contributed by atoms with van der Waals surface area (Å²) >= 11 is 0. The number of H-pyrrole nitrogens is 1. The summed E-state index contributed by atoms with van der Waals surface area (Å²) < 4.78 is 36.1. The molecule has 0 radical (unpaired) electrons. The van der Waals surface area contributed by atoms with E-state index >= 15 is 0 Å². The normalized spacial score (nSPS) is 18.7. The maximum Gasteiger partial charge on any atom is 0.453 e. The number of aromatic nitrogens is 3. The van der Waals surface area contributed by atoms with E-state index in [2.05, 4.69) is 20.5 Å². The van der Waals surface area contributed by atoms with Crippen LogP contribution >= 0.6 is 0 Å². The lowest BCUT2D eigenvalue weighted by molar-refractivity contribution is -0.144. The Morgan fingerprint density at radius 2 is 2.00 bits per heavy atom. The van der Waals surface area contributed by atoms with Crippen molar-refractivity contribution in [3.05, 3.63) is 11.6 Å². The highest BCUT2D eigenvalue weighted by molar-refractivity contribution is 5.05. The van der Waals surface area contributed by atoms with Gasteiger partial charge in [0.25, 0.3) is 5.82 Å². The van der Waals surface area contributed by atoms with Gasteiger partial charge in [0.2, 0.25) is 0 Å². The molecule has 1 aliphatic heterocycles. The third-order valence-electron chi connectivity index (χ3n) is 1.92. The van der Waals surface area contributed by atoms with E-state index in [9.17, 15) is 13.2 Å². The minimum atomic E-state index is -4.45. The first-order chi connectivity index (χ1) is 6.07. The van der Waals surface area contributed by atoms with Crippen molar-refractivity contribution >= 4 is 0 Å². The highest BCUT2D eigenvalue weighted by atomic mass is 19.4. The van der Waals surface area contributed by atoms with Crippen molar-refractivity contribution in [2.75, 3.05) is 13.1 Å². The fourth-order valence-electron chi connectivity index (χ4n) is 1.07. The molecule has 0 saturated carbocycles. The van der Waals surface area contributed by atoms with Crippen molar-refractivity contribution in [3.63, 3.8) is 0 Å². The van der Waals surface area contributed by atoms with Crippen LogP contribution in [0.15, 0.2) is 0 Å². The van der Waals surface area contributed by atoms with Crippen LogP contribution in [-0.2, 0) is 6.18 Å². The van der Waals surface area contributed by atoms with Crippen LogP contribution in [0.25, 0.3) is 0 Å². The molecular weight excluding hydrogens is 185 g/mol. The molecule has 0 aromatic carbocycles. The molecule has 0 aliphatic carbocycles. The second kappa shape index (κ2) is 2.69. The molecule has 2 rings (SSSR count). The van der Waals surface area contributed by atoms with Crippen LogP contribution in [0.3, 0.4) is 0 Å². The van der Waals surface area contributed by atoms with Crippen LogP contribution in [0, 0.1) is 0 Å². The van der Waals surface area contributed by atoms with Gasteiger partial charge in [-0.1, -0.05) is 0 Å². The van der Waals surface area contributed by atoms with E-state index in [1.165, 1.54) is 0 Å². The third kappa shape index (κ3) is 1.51. The summed E-state index contributed by atoms with van der Waals surface area (Å²) in [6.07, 6.45) is -4.45. The Morgan fingerprint density at radius 3 is 2.38 bits per heavy atom. The largest absolute Gasteiger partial charge is 0.453 e. The van der Waals surface area contributed by atoms with Crippen molar-refractivity contribution in [3.8, 4) is 0 Å². The van der Waals surface area contributed by atoms with Crippen molar-refractivity contribution in [1.82, 2.24) is 20.5 Å². The van der Waals surface area contributed by atoms with Gasteiger partial charge in [0.1, 0.15) is 5.82 Å². The highest BCUT2D eigenvalue weighted by Crippen LogP contribution is 2.27. The van der Waals surface area contributed by atoms with E-state index < -0.39 is 12.0 Å².